The van der Waals surface area contributed by atoms with Gasteiger partial charge in [-0.05, 0) is 38.7 Å². The summed E-state index contributed by atoms with van der Waals surface area (Å²) in [6, 6.07) is 6.48. The van der Waals surface area contributed by atoms with Crippen LogP contribution in [0.25, 0.3) is 0 Å². The van der Waals surface area contributed by atoms with Crippen LogP contribution in [0.15, 0.2) is 18.2 Å². The number of nitrogens with two attached hydrogens (primary N) is 1. The van der Waals surface area contributed by atoms with Crippen molar-refractivity contribution in [3.63, 3.8) is 0 Å². The third-order valence-electron chi connectivity index (χ3n) is 3.66. The number of hydrogen-bond acceptors (Lipinski definition) is 3. The first-order valence-corrected chi connectivity index (χ1v) is 7.29. The molecule has 20 heavy (non-hydrogen) atoms. The lowest BCUT2D eigenvalue weighted by molar-refractivity contribution is -0.131. The summed E-state index contributed by atoms with van der Waals surface area (Å²) in [5, 5.41) is 2.95. The van der Waals surface area contributed by atoms with E-state index in [2.05, 4.69) is 37.4 Å². The number of benzene rings is 1. The molecule has 0 saturated carbocycles. The average Bonchev–Trinajstić information content (AvgIpc) is 2.86. The van der Waals surface area contributed by atoms with Crippen molar-refractivity contribution in [2.75, 3.05) is 13.1 Å². The molecule has 1 saturated heterocycles. The lowest BCUT2D eigenvalue weighted by Gasteiger charge is -2.13. The van der Waals surface area contributed by atoms with Gasteiger partial charge in [0, 0.05) is 13.1 Å². The molecule has 1 amide bonds. The summed E-state index contributed by atoms with van der Waals surface area (Å²) in [5.41, 5.74) is 9.32. The van der Waals surface area contributed by atoms with E-state index in [4.69, 9.17) is 10.5 Å². The molecule has 2 rings (SSSR count). The Morgan fingerprint density at radius 2 is 2.00 bits per heavy atom. The Kier molecular flexibility index (Phi) is 5.15. The maximum absolute atomic E-state index is 12.0. The molecule has 1 aliphatic heterocycles. The smallest absolute Gasteiger partial charge is 0.249 e. The van der Waals surface area contributed by atoms with Gasteiger partial charge in [0.05, 0.1) is 6.10 Å². The van der Waals surface area contributed by atoms with E-state index in [1.165, 1.54) is 16.7 Å². The fourth-order valence-electron chi connectivity index (χ4n) is 2.73. The van der Waals surface area contributed by atoms with Crippen molar-refractivity contribution >= 4 is 5.91 Å². The minimum absolute atomic E-state index is 0.00896. The second-order valence-electron chi connectivity index (χ2n) is 5.60. The zero-order valence-electron chi connectivity index (χ0n) is 12.3. The van der Waals surface area contributed by atoms with Crippen molar-refractivity contribution in [3.8, 4) is 0 Å². The normalized spacial score (nSPS) is 21.9. The standard InChI is InChI=1S/C16H24N2O2/c1-11-7-12(2)9-13(8-11)5-6-18-16(19)15-4-3-14(10-17)20-15/h7-9,14-15H,3-6,10,17H2,1-2H3,(H,18,19)/t14-,15+/m1/s1. The van der Waals surface area contributed by atoms with Crippen molar-refractivity contribution < 1.29 is 9.53 Å². The largest absolute Gasteiger partial charge is 0.364 e. The van der Waals surface area contributed by atoms with E-state index in [9.17, 15) is 4.79 Å². The number of carbonyl (C=O) groups is 1. The van der Waals surface area contributed by atoms with E-state index in [-0.39, 0.29) is 18.1 Å². The first kappa shape index (κ1) is 15.0. The highest BCUT2D eigenvalue weighted by Gasteiger charge is 2.29. The van der Waals surface area contributed by atoms with Crippen molar-refractivity contribution in [2.45, 2.75) is 45.3 Å². The summed E-state index contributed by atoms with van der Waals surface area (Å²) < 4.78 is 5.58. The first-order chi connectivity index (χ1) is 9.58. The fraction of sp³-hybridized carbons (Fsp3) is 0.562. The molecule has 2 atom stereocenters. The molecule has 3 N–H and O–H groups in total. The summed E-state index contributed by atoms with van der Waals surface area (Å²) in [7, 11) is 0. The number of rotatable bonds is 5. The third kappa shape index (κ3) is 4.05. The number of hydrogen-bond donors (Lipinski definition) is 2. The van der Waals surface area contributed by atoms with Gasteiger partial charge < -0.3 is 15.8 Å². The zero-order valence-corrected chi connectivity index (χ0v) is 12.3. The maximum atomic E-state index is 12.0. The van der Waals surface area contributed by atoms with Gasteiger partial charge in [0.1, 0.15) is 6.10 Å². The van der Waals surface area contributed by atoms with Gasteiger partial charge in [-0.25, -0.2) is 0 Å². The Morgan fingerprint density at radius 3 is 2.60 bits per heavy atom. The fourth-order valence-corrected chi connectivity index (χ4v) is 2.73. The summed E-state index contributed by atoms with van der Waals surface area (Å²) in [6.07, 6.45) is 2.23. The monoisotopic (exact) mass is 276 g/mol. The van der Waals surface area contributed by atoms with Crippen LogP contribution in [-0.4, -0.2) is 31.2 Å². The van der Waals surface area contributed by atoms with Crippen LogP contribution in [0.2, 0.25) is 0 Å². The number of carbonyl (C=O) groups excluding carboxylic acids is 1. The zero-order chi connectivity index (χ0) is 14.5. The van der Waals surface area contributed by atoms with Gasteiger partial charge in [0.25, 0.3) is 0 Å². The summed E-state index contributed by atoms with van der Waals surface area (Å²) in [5.74, 6) is -0.00896. The van der Waals surface area contributed by atoms with Crippen LogP contribution in [0.4, 0.5) is 0 Å². The van der Waals surface area contributed by atoms with Crippen LogP contribution in [-0.2, 0) is 16.0 Å². The number of aryl methyl sites for hydroxylation is 2. The molecule has 4 nitrogen and oxygen atoms in total. The molecule has 1 heterocycles. The van der Waals surface area contributed by atoms with E-state index < -0.39 is 0 Å². The predicted molar refractivity (Wildman–Crippen MR) is 79.6 cm³/mol. The molecule has 1 aromatic rings. The van der Waals surface area contributed by atoms with Gasteiger partial charge in [-0.1, -0.05) is 29.3 Å². The average molecular weight is 276 g/mol. The van der Waals surface area contributed by atoms with Gasteiger partial charge in [0.15, 0.2) is 0 Å². The van der Waals surface area contributed by atoms with E-state index in [1.54, 1.807) is 0 Å². The van der Waals surface area contributed by atoms with E-state index in [1.807, 2.05) is 0 Å². The van der Waals surface area contributed by atoms with Gasteiger partial charge in [-0.3, -0.25) is 4.79 Å². The molecular formula is C16H24N2O2. The summed E-state index contributed by atoms with van der Waals surface area (Å²) in [6.45, 7) is 5.32. The molecule has 110 valence electrons. The van der Waals surface area contributed by atoms with E-state index in [0.717, 1.165) is 19.3 Å². The minimum atomic E-state index is -0.317. The van der Waals surface area contributed by atoms with Crippen LogP contribution in [0, 0.1) is 13.8 Å². The van der Waals surface area contributed by atoms with Crippen molar-refractivity contribution in [3.05, 3.63) is 34.9 Å². The van der Waals surface area contributed by atoms with Gasteiger partial charge in [-0.15, -0.1) is 0 Å². The molecule has 0 unspecified atom stereocenters. The second kappa shape index (κ2) is 6.86. The Bertz CT molecular complexity index is 453. The quantitative estimate of drug-likeness (QED) is 0.856. The molecule has 0 aliphatic carbocycles. The lowest BCUT2D eigenvalue weighted by atomic mass is 10.1. The highest BCUT2D eigenvalue weighted by molar-refractivity contribution is 5.81. The lowest BCUT2D eigenvalue weighted by Crippen LogP contribution is -2.36. The minimum Gasteiger partial charge on any atom is -0.364 e. The Hall–Kier alpha value is -1.39. The molecule has 1 aliphatic rings. The van der Waals surface area contributed by atoms with Gasteiger partial charge in [0.2, 0.25) is 5.91 Å². The SMILES string of the molecule is Cc1cc(C)cc(CCNC(=O)[C@@H]2CC[C@H](CN)O2)c1. The molecule has 4 heteroatoms. The number of nitrogens with one attached hydrogen (secondary N) is 1. The highest BCUT2D eigenvalue weighted by atomic mass is 16.5. The van der Waals surface area contributed by atoms with Crippen LogP contribution < -0.4 is 11.1 Å². The van der Waals surface area contributed by atoms with E-state index >= 15 is 0 Å². The number of amides is 1. The molecule has 0 bridgehead atoms. The van der Waals surface area contributed by atoms with Crippen LogP contribution >= 0.6 is 0 Å². The van der Waals surface area contributed by atoms with Gasteiger partial charge in [-0.2, -0.15) is 0 Å². The predicted octanol–water partition coefficient (Wildman–Crippen LogP) is 1.47. The molecule has 0 aromatic heterocycles. The first-order valence-electron chi connectivity index (χ1n) is 7.29. The number of ether oxygens (including phenoxy) is 1. The van der Waals surface area contributed by atoms with Crippen LogP contribution in [0.1, 0.15) is 29.5 Å². The molecular weight excluding hydrogens is 252 g/mol. The molecule has 0 radical (unpaired) electrons. The second-order valence-corrected chi connectivity index (χ2v) is 5.60. The molecule has 0 spiro atoms. The maximum Gasteiger partial charge on any atom is 0.249 e. The van der Waals surface area contributed by atoms with Crippen LogP contribution in [0.3, 0.4) is 0 Å². The Balaban J connectivity index is 1.77. The Morgan fingerprint density at radius 1 is 1.30 bits per heavy atom. The summed E-state index contributed by atoms with van der Waals surface area (Å²) >= 11 is 0. The molecule has 1 fully saturated rings. The van der Waals surface area contributed by atoms with Crippen LogP contribution in [0.5, 0.6) is 0 Å². The third-order valence-corrected chi connectivity index (χ3v) is 3.66. The van der Waals surface area contributed by atoms with E-state index in [0.29, 0.717) is 13.1 Å². The highest BCUT2D eigenvalue weighted by Crippen LogP contribution is 2.18. The molecule has 1 aromatic carbocycles. The summed E-state index contributed by atoms with van der Waals surface area (Å²) in [4.78, 5) is 12.0. The van der Waals surface area contributed by atoms with Crippen molar-refractivity contribution in [2.24, 2.45) is 5.73 Å². The van der Waals surface area contributed by atoms with Crippen molar-refractivity contribution in [1.29, 1.82) is 0 Å². The van der Waals surface area contributed by atoms with Crippen molar-refractivity contribution in [1.82, 2.24) is 5.32 Å². The van der Waals surface area contributed by atoms with Gasteiger partial charge >= 0.3 is 0 Å². The Labute approximate surface area is 120 Å². The topological polar surface area (TPSA) is 64.4 Å².